The number of nitrogens with zero attached hydrogens (tertiary/aromatic N) is 1. The molecule has 6 nitrogen and oxygen atoms in total. The van der Waals surface area contributed by atoms with Gasteiger partial charge in [0.25, 0.3) is 5.91 Å². The number of anilines is 1. The number of imide groups is 1. The van der Waals surface area contributed by atoms with Gasteiger partial charge in [-0.1, -0.05) is 33.6 Å². The van der Waals surface area contributed by atoms with E-state index in [-0.39, 0.29) is 5.70 Å². The molecule has 0 saturated carbocycles. The molecule has 8 heteroatoms. The lowest BCUT2D eigenvalue weighted by Crippen LogP contribution is -2.30. The lowest BCUT2D eigenvalue weighted by Gasteiger charge is -2.12. The normalized spacial score (nSPS) is 15.4. The lowest BCUT2D eigenvalue weighted by molar-refractivity contribution is -0.113. The van der Waals surface area contributed by atoms with Gasteiger partial charge in [0.05, 0.1) is 19.9 Å². The number of halogens is 2. The van der Waals surface area contributed by atoms with Crippen LogP contribution in [0.25, 0.3) is 6.08 Å². The van der Waals surface area contributed by atoms with Gasteiger partial charge in [0.15, 0.2) is 11.5 Å². The van der Waals surface area contributed by atoms with Crippen LogP contribution in [0, 0.1) is 0 Å². The Labute approximate surface area is 163 Å². The molecule has 1 aliphatic rings. The van der Waals surface area contributed by atoms with Crippen molar-refractivity contribution in [3.63, 3.8) is 0 Å². The first kappa shape index (κ1) is 18.3. The van der Waals surface area contributed by atoms with Crippen molar-refractivity contribution >= 4 is 51.2 Å². The van der Waals surface area contributed by atoms with Crippen LogP contribution < -0.4 is 19.7 Å². The summed E-state index contributed by atoms with van der Waals surface area (Å²) in [6.45, 7) is 0. The summed E-state index contributed by atoms with van der Waals surface area (Å²) in [5.74, 6) is 0.460. The van der Waals surface area contributed by atoms with Crippen molar-refractivity contribution < 1.29 is 19.1 Å². The van der Waals surface area contributed by atoms with Crippen LogP contribution in [0.3, 0.4) is 0 Å². The molecule has 0 radical (unpaired) electrons. The highest BCUT2D eigenvalue weighted by Gasteiger charge is 2.35. The average molecular weight is 438 g/mol. The number of hydrogen-bond donors (Lipinski definition) is 1. The molecule has 2 aromatic rings. The highest BCUT2D eigenvalue weighted by atomic mass is 79.9. The van der Waals surface area contributed by atoms with E-state index in [1.807, 2.05) is 0 Å². The summed E-state index contributed by atoms with van der Waals surface area (Å²) < 4.78 is 11.4. The molecular formula is C18H14BrClN2O4. The van der Waals surface area contributed by atoms with E-state index in [0.29, 0.717) is 27.8 Å². The Morgan fingerprint density at radius 3 is 2.58 bits per heavy atom. The molecule has 3 amide bonds. The monoisotopic (exact) mass is 436 g/mol. The van der Waals surface area contributed by atoms with Gasteiger partial charge in [-0.2, -0.15) is 0 Å². The summed E-state index contributed by atoms with van der Waals surface area (Å²) in [4.78, 5) is 26.0. The van der Waals surface area contributed by atoms with Crippen LogP contribution in [-0.2, 0) is 4.79 Å². The molecule has 1 aliphatic heterocycles. The Hall–Kier alpha value is -2.51. The van der Waals surface area contributed by atoms with Crippen molar-refractivity contribution in [2.24, 2.45) is 0 Å². The Morgan fingerprint density at radius 1 is 1.15 bits per heavy atom. The van der Waals surface area contributed by atoms with E-state index in [0.717, 1.165) is 9.37 Å². The van der Waals surface area contributed by atoms with Crippen molar-refractivity contribution in [3.8, 4) is 11.5 Å². The molecule has 0 aromatic heterocycles. The lowest BCUT2D eigenvalue weighted by atomic mass is 10.1. The molecule has 0 bridgehead atoms. The smallest absolute Gasteiger partial charge is 0.333 e. The van der Waals surface area contributed by atoms with Crippen molar-refractivity contribution in [1.82, 2.24) is 5.32 Å². The zero-order valence-corrected chi connectivity index (χ0v) is 16.2. The number of benzene rings is 2. The minimum Gasteiger partial charge on any atom is -0.493 e. The largest absolute Gasteiger partial charge is 0.493 e. The Morgan fingerprint density at radius 2 is 1.92 bits per heavy atom. The van der Waals surface area contributed by atoms with Crippen LogP contribution in [0.1, 0.15) is 5.56 Å². The number of methoxy groups -OCH3 is 2. The summed E-state index contributed by atoms with van der Waals surface area (Å²) in [7, 11) is 3.02. The minimum absolute atomic E-state index is 0.119. The van der Waals surface area contributed by atoms with E-state index in [1.165, 1.54) is 20.3 Å². The van der Waals surface area contributed by atoms with Crippen molar-refractivity contribution in [2.75, 3.05) is 19.1 Å². The topological polar surface area (TPSA) is 67.9 Å². The van der Waals surface area contributed by atoms with Crippen LogP contribution in [0.5, 0.6) is 11.5 Å². The van der Waals surface area contributed by atoms with Crippen LogP contribution in [0.4, 0.5) is 10.5 Å². The molecule has 0 atom stereocenters. The van der Waals surface area contributed by atoms with E-state index in [2.05, 4.69) is 21.2 Å². The van der Waals surface area contributed by atoms with Gasteiger partial charge in [-0.3, -0.25) is 4.79 Å². The molecule has 26 heavy (non-hydrogen) atoms. The molecule has 0 spiro atoms. The van der Waals surface area contributed by atoms with Gasteiger partial charge in [0.2, 0.25) is 0 Å². The van der Waals surface area contributed by atoms with E-state index in [1.54, 1.807) is 36.4 Å². The van der Waals surface area contributed by atoms with Gasteiger partial charge in [0.1, 0.15) is 5.70 Å². The maximum Gasteiger partial charge on any atom is 0.333 e. The number of nitrogens with one attached hydrogen (secondary N) is 1. The predicted molar refractivity (Wildman–Crippen MR) is 103 cm³/mol. The third-order valence-corrected chi connectivity index (χ3v) is 4.41. The molecule has 3 rings (SSSR count). The van der Waals surface area contributed by atoms with E-state index in [4.69, 9.17) is 21.1 Å². The second kappa shape index (κ2) is 7.39. The first-order valence-corrected chi connectivity index (χ1v) is 8.66. The van der Waals surface area contributed by atoms with E-state index < -0.39 is 11.9 Å². The van der Waals surface area contributed by atoms with E-state index >= 15 is 0 Å². The number of amides is 3. The SMILES string of the molecule is COc1cc(Br)cc(/C=C2\NC(=O)N(c3cccc(Cl)c3)C2=O)c1OC. The van der Waals surface area contributed by atoms with Crippen LogP contribution >= 0.6 is 27.5 Å². The van der Waals surface area contributed by atoms with E-state index in [9.17, 15) is 9.59 Å². The fourth-order valence-electron chi connectivity index (χ4n) is 2.61. The molecule has 1 fully saturated rings. The van der Waals surface area contributed by atoms with Gasteiger partial charge in [-0.05, 0) is 36.4 Å². The van der Waals surface area contributed by atoms with Gasteiger partial charge >= 0.3 is 6.03 Å². The van der Waals surface area contributed by atoms with Gasteiger partial charge in [-0.15, -0.1) is 0 Å². The molecule has 1 saturated heterocycles. The second-order valence-corrected chi connectivity index (χ2v) is 6.69. The number of urea groups is 1. The molecule has 1 N–H and O–H groups in total. The fourth-order valence-corrected chi connectivity index (χ4v) is 3.25. The molecule has 1 heterocycles. The fraction of sp³-hybridized carbons (Fsp3) is 0.111. The number of rotatable bonds is 4. The summed E-state index contributed by atoms with van der Waals surface area (Å²) >= 11 is 9.34. The number of hydrogen-bond acceptors (Lipinski definition) is 4. The first-order valence-electron chi connectivity index (χ1n) is 7.49. The number of ether oxygens (including phenoxy) is 2. The zero-order valence-electron chi connectivity index (χ0n) is 13.9. The third-order valence-electron chi connectivity index (χ3n) is 3.72. The second-order valence-electron chi connectivity index (χ2n) is 5.34. The highest BCUT2D eigenvalue weighted by molar-refractivity contribution is 9.10. The third kappa shape index (κ3) is 3.40. The standard InChI is InChI=1S/C18H14BrClN2O4/c1-25-15-8-11(19)6-10(16(15)26-2)7-14-17(23)22(18(24)21-14)13-5-3-4-12(20)9-13/h3-9H,1-2H3,(H,21,24)/b14-7-. The summed E-state index contributed by atoms with van der Waals surface area (Å²) in [5, 5.41) is 3.00. The first-order chi connectivity index (χ1) is 12.4. The minimum atomic E-state index is -0.551. The predicted octanol–water partition coefficient (Wildman–Crippen LogP) is 4.22. The van der Waals surface area contributed by atoms with Crippen LogP contribution in [0.15, 0.2) is 46.6 Å². The molecule has 0 unspecified atom stereocenters. The van der Waals surface area contributed by atoms with Crippen molar-refractivity contribution in [3.05, 3.63) is 57.2 Å². The van der Waals surface area contributed by atoms with Crippen molar-refractivity contribution in [1.29, 1.82) is 0 Å². The number of carbonyl (C=O) groups excluding carboxylic acids is 2. The quantitative estimate of drug-likeness (QED) is 0.574. The zero-order chi connectivity index (χ0) is 18.8. The van der Waals surface area contributed by atoms with Crippen LogP contribution in [-0.4, -0.2) is 26.2 Å². The molecule has 2 aromatic carbocycles. The highest BCUT2D eigenvalue weighted by Crippen LogP contribution is 2.36. The molecular weight excluding hydrogens is 424 g/mol. The average Bonchev–Trinajstić information content (AvgIpc) is 2.88. The molecule has 134 valence electrons. The van der Waals surface area contributed by atoms with Gasteiger partial charge in [0, 0.05) is 15.1 Å². The van der Waals surface area contributed by atoms with Crippen LogP contribution in [0.2, 0.25) is 5.02 Å². The maximum absolute atomic E-state index is 12.7. The Balaban J connectivity index is 2.02. The summed E-state index contributed by atoms with van der Waals surface area (Å²) in [6, 6.07) is 9.47. The summed E-state index contributed by atoms with van der Waals surface area (Å²) in [6.07, 6.45) is 1.54. The Kier molecular flexibility index (Phi) is 5.20. The number of carbonyl (C=O) groups is 2. The summed E-state index contributed by atoms with van der Waals surface area (Å²) in [5.41, 5.74) is 1.09. The van der Waals surface area contributed by atoms with Gasteiger partial charge in [-0.25, -0.2) is 9.69 Å². The van der Waals surface area contributed by atoms with Gasteiger partial charge < -0.3 is 14.8 Å². The Bertz CT molecular complexity index is 929. The molecule has 0 aliphatic carbocycles. The van der Waals surface area contributed by atoms with Crippen molar-refractivity contribution in [2.45, 2.75) is 0 Å². The maximum atomic E-state index is 12.7.